The van der Waals surface area contributed by atoms with Crippen LogP contribution in [0.2, 0.25) is 0 Å². The lowest BCUT2D eigenvalue weighted by Crippen LogP contribution is -2.28. The Kier molecular flexibility index (Phi) is 5.03. The zero-order chi connectivity index (χ0) is 17.8. The number of hydrogen-bond donors (Lipinski definition) is 3. The molecule has 2 aromatic rings. The van der Waals surface area contributed by atoms with E-state index in [4.69, 9.17) is 0 Å². The zero-order valence-corrected chi connectivity index (χ0v) is 14.2. The largest absolute Gasteiger partial charge is 0.508 e. The Hall–Kier alpha value is -2.82. The molecule has 3 N–H and O–H groups in total. The predicted molar refractivity (Wildman–Crippen MR) is 95.7 cm³/mol. The van der Waals surface area contributed by atoms with Crippen LogP contribution in [0, 0.1) is 0 Å². The molecule has 0 aliphatic heterocycles. The van der Waals surface area contributed by atoms with Gasteiger partial charge < -0.3 is 15.7 Å². The van der Waals surface area contributed by atoms with Gasteiger partial charge in [-0.05, 0) is 54.7 Å². The molecule has 0 fully saturated rings. The highest BCUT2D eigenvalue weighted by atomic mass is 16.3. The minimum Gasteiger partial charge on any atom is -0.508 e. The van der Waals surface area contributed by atoms with Crippen LogP contribution in [0.4, 0.5) is 0 Å². The van der Waals surface area contributed by atoms with Crippen molar-refractivity contribution in [3.05, 3.63) is 64.7 Å². The van der Waals surface area contributed by atoms with Crippen molar-refractivity contribution in [3.63, 3.8) is 0 Å². The highest BCUT2D eigenvalue weighted by Crippen LogP contribution is 2.36. The van der Waals surface area contributed by atoms with E-state index in [1.807, 2.05) is 13.0 Å². The summed E-state index contributed by atoms with van der Waals surface area (Å²) in [4.78, 5) is 24.6. The van der Waals surface area contributed by atoms with Crippen LogP contribution in [0.1, 0.15) is 57.7 Å². The Morgan fingerprint density at radius 3 is 2.60 bits per heavy atom. The van der Waals surface area contributed by atoms with Gasteiger partial charge in [0.1, 0.15) is 5.75 Å². The lowest BCUT2D eigenvalue weighted by atomic mass is 10.1. The van der Waals surface area contributed by atoms with E-state index in [0.717, 1.165) is 30.4 Å². The summed E-state index contributed by atoms with van der Waals surface area (Å²) in [5.74, 6) is -0.109. The minimum atomic E-state index is -0.216. The van der Waals surface area contributed by atoms with Gasteiger partial charge in [0.15, 0.2) is 0 Å². The molecule has 0 bridgehead atoms. The second-order valence-corrected chi connectivity index (χ2v) is 6.25. The van der Waals surface area contributed by atoms with Gasteiger partial charge in [0.2, 0.25) is 0 Å². The molecule has 0 radical (unpaired) electrons. The van der Waals surface area contributed by atoms with E-state index in [1.54, 1.807) is 36.4 Å². The average molecular weight is 338 g/mol. The number of hydrogen-bond acceptors (Lipinski definition) is 3. The van der Waals surface area contributed by atoms with Crippen LogP contribution in [0.25, 0.3) is 0 Å². The fourth-order valence-electron chi connectivity index (χ4n) is 3.17. The number of nitrogens with one attached hydrogen (secondary N) is 2. The normalized spacial score (nSPS) is 15.5. The number of fused-ring (bicyclic) bond motifs is 1. The van der Waals surface area contributed by atoms with E-state index in [2.05, 4.69) is 10.6 Å². The number of carbonyl (C=O) groups is 2. The molecular weight excluding hydrogens is 316 g/mol. The summed E-state index contributed by atoms with van der Waals surface area (Å²) in [6.07, 6.45) is 2.36. The number of amides is 2. The molecule has 5 heteroatoms. The van der Waals surface area contributed by atoms with Crippen LogP contribution in [0.5, 0.6) is 5.75 Å². The summed E-state index contributed by atoms with van der Waals surface area (Å²) in [5, 5.41) is 15.7. The summed E-state index contributed by atoms with van der Waals surface area (Å²) in [7, 11) is 0. The molecule has 1 aliphatic rings. The van der Waals surface area contributed by atoms with Gasteiger partial charge in [-0.15, -0.1) is 0 Å². The topological polar surface area (TPSA) is 78.4 Å². The maximum atomic E-state index is 12.6. The molecule has 1 unspecified atom stereocenters. The monoisotopic (exact) mass is 338 g/mol. The van der Waals surface area contributed by atoms with Crippen molar-refractivity contribution in [2.75, 3.05) is 6.54 Å². The van der Waals surface area contributed by atoms with Crippen LogP contribution in [0.15, 0.2) is 42.5 Å². The number of aromatic hydroxyl groups is 1. The Balaban J connectivity index is 1.73. The van der Waals surface area contributed by atoms with Crippen molar-refractivity contribution in [2.45, 2.75) is 32.2 Å². The number of benzene rings is 2. The van der Waals surface area contributed by atoms with Crippen LogP contribution in [0.3, 0.4) is 0 Å². The fraction of sp³-hybridized carbons (Fsp3) is 0.300. The highest BCUT2D eigenvalue weighted by molar-refractivity contribution is 5.99. The quantitative estimate of drug-likeness (QED) is 0.784. The van der Waals surface area contributed by atoms with Crippen molar-refractivity contribution in [1.29, 1.82) is 0 Å². The Morgan fingerprint density at radius 2 is 1.84 bits per heavy atom. The number of carbonyl (C=O) groups excluding carboxylic acids is 2. The maximum Gasteiger partial charge on any atom is 0.251 e. The molecule has 2 aromatic carbocycles. The van der Waals surface area contributed by atoms with E-state index < -0.39 is 0 Å². The number of phenols is 1. The number of phenolic OH excluding ortho intramolecular Hbond substituents is 1. The zero-order valence-electron chi connectivity index (χ0n) is 14.2. The van der Waals surface area contributed by atoms with E-state index in [-0.39, 0.29) is 23.6 Å². The molecule has 1 aliphatic carbocycles. The summed E-state index contributed by atoms with van der Waals surface area (Å²) < 4.78 is 0. The average Bonchev–Trinajstić information content (AvgIpc) is 3.04. The van der Waals surface area contributed by atoms with Crippen LogP contribution in [-0.4, -0.2) is 23.5 Å². The highest BCUT2D eigenvalue weighted by Gasteiger charge is 2.26. The Labute approximate surface area is 147 Å². The second-order valence-electron chi connectivity index (χ2n) is 6.25. The van der Waals surface area contributed by atoms with Crippen molar-refractivity contribution in [2.24, 2.45) is 0 Å². The SMILES string of the molecule is CCCNC(=O)c1cccc(C(=O)NC2CCc3c(O)cccc32)c1. The van der Waals surface area contributed by atoms with Crippen LogP contribution in [-0.2, 0) is 6.42 Å². The summed E-state index contributed by atoms with van der Waals surface area (Å²) in [5.41, 5.74) is 2.80. The first-order valence-corrected chi connectivity index (χ1v) is 8.60. The molecule has 1 atom stereocenters. The molecular formula is C20H22N2O3. The maximum absolute atomic E-state index is 12.6. The molecule has 0 heterocycles. The first kappa shape index (κ1) is 17.0. The standard InChI is InChI=1S/C20H22N2O3/c1-2-11-21-19(24)13-5-3-6-14(12-13)20(25)22-17-10-9-16-15(17)7-4-8-18(16)23/h3-8,12,17,23H,2,9-11H2,1H3,(H,21,24)(H,22,25). The molecule has 0 aromatic heterocycles. The van der Waals surface area contributed by atoms with Gasteiger partial charge in [0.25, 0.3) is 11.8 Å². The van der Waals surface area contributed by atoms with Crippen LogP contribution < -0.4 is 10.6 Å². The first-order valence-electron chi connectivity index (χ1n) is 8.60. The summed E-state index contributed by atoms with van der Waals surface area (Å²) in [6, 6.07) is 12.0. The predicted octanol–water partition coefficient (Wildman–Crippen LogP) is 2.95. The van der Waals surface area contributed by atoms with Crippen molar-refractivity contribution in [1.82, 2.24) is 10.6 Å². The van der Waals surface area contributed by atoms with Crippen LogP contribution >= 0.6 is 0 Å². The van der Waals surface area contributed by atoms with E-state index in [1.165, 1.54) is 0 Å². The third kappa shape index (κ3) is 3.65. The lowest BCUT2D eigenvalue weighted by molar-refractivity contribution is 0.0936. The molecule has 5 nitrogen and oxygen atoms in total. The molecule has 0 saturated carbocycles. The second kappa shape index (κ2) is 7.38. The van der Waals surface area contributed by atoms with E-state index in [9.17, 15) is 14.7 Å². The molecule has 25 heavy (non-hydrogen) atoms. The third-order valence-electron chi connectivity index (χ3n) is 4.47. The smallest absolute Gasteiger partial charge is 0.251 e. The fourth-order valence-corrected chi connectivity index (χ4v) is 3.17. The third-order valence-corrected chi connectivity index (χ3v) is 4.47. The van der Waals surface area contributed by atoms with Gasteiger partial charge in [-0.3, -0.25) is 9.59 Å². The van der Waals surface area contributed by atoms with Gasteiger partial charge in [-0.25, -0.2) is 0 Å². The molecule has 0 saturated heterocycles. The lowest BCUT2D eigenvalue weighted by Gasteiger charge is -2.15. The van der Waals surface area contributed by atoms with E-state index in [0.29, 0.717) is 17.7 Å². The number of rotatable bonds is 5. The van der Waals surface area contributed by atoms with Gasteiger partial charge in [0, 0.05) is 17.7 Å². The van der Waals surface area contributed by atoms with Crippen molar-refractivity contribution < 1.29 is 14.7 Å². The van der Waals surface area contributed by atoms with Crippen molar-refractivity contribution >= 4 is 11.8 Å². The summed E-state index contributed by atoms with van der Waals surface area (Å²) in [6.45, 7) is 2.60. The van der Waals surface area contributed by atoms with Crippen molar-refractivity contribution in [3.8, 4) is 5.75 Å². The molecule has 2 amide bonds. The molecule has 130 valence electrons. The van der Waals surface area contributed by atoms with Gasteiger partial charge in [0.05, 0.1) is 6.04 Å². The van der Waals surface area contributed by atoms with Gasteiger partial charge in [-0.2, -0.15) is 0 Å². The van der Waals surface area contributed by atoms with Gasteiger partial charge in [-0.1, -0.05) is 25.1 Å². The molecule has 0 spiro atoms. The molecule has 3 rings (SSSR count). The Morgan fingerprint density at radius 1 is 1.12 bits per heavy atom. The minimum absolute atomic E-state index is 0.118. The summed E-state index contributed by atoms with van der Waals surface area (Å²) >= 11 is 0. The first-order chi connectivity index (χ1) is 12.1. The Bertz CT molecular complexity index is 801. The van der Waals surface area contributed by atoms with Gasteiger partial charge >= 0.3 is 0 Å². The van der Waals surface area contributed by atoms with E-state index >= 15 is 0 Å².